The molecule has 1 aromatic heterocycles. The molecule has 0 bridgehead atoms. The van der Waals surface area contributed by atoms with E-state index in [1.165, 1.54) is 12.3 Å². The lowest BCUT2D eigenvalue weighted by atomic mass is 10.1. The van der Waals surface area contributed by atoms with Gasteiger partial charge in [-0.1, -0.05) is 0 Å². The monoisotopic (exact) mass is 334 g/mol. The molecule has 0 radical (unpaired) electrons. The van der Waals surface area contributed by atoms with Gasteiger partial charge in [0, 0.05) is 29.5 Å². The van der Waals surface area contributed by atoms with Crippen LogP contribution in [-0.2, 0) is 13.8 Å². The number of rotatable bonds is 4. The summed E-state index contributed by atoms with van der Waals surface area (Å²) in [4.78, 5) is 12.3. The van der Waals surface area contributed by atoms with Gasteiger partial charge in [-0.05, 0) is 33.3 Å². The molecule has 6 nitrogen and oxygen atoms in total. The Morgan fingerprint density at radius 3 is 2.67 bits per heavy atom. The summed E-state index contributed by atoms with van der Waals surface area (Å²) < 4.78 is 29.9. The highest BCUT2D eigenvalue weighted by molar-refractivity contribution is 8.13. The van der Waals surface area contributed by atoms with Crippen LogP contribution in [0.1, 0.15) is 43.7 Å². The third-order valence-electron chi connectivity index (χ3n) is 3.59. The second kappa shape index (κ2) is 5.98. The molecule has 1 fully saturated rings. The van der Waals surface area contributed by atoms with Gasteiger partial charge in [-0.15, -0.1) is 0 Å². The minimum Gasteiger partial charge on any atom is -0.376 e. The first-order valence-electron chi connectivity index (χ1n) is 6.79. The van der Waals surface area contributed by atoms with Crippen LogP contribution >= 0.6 is 10.7 Å². The molecule has 0 aliphatic carbocycles. The summed E-state index contributed by atoms with van der Waals surface area (Å²) in [6.45, 7) is 6.23. The predicted molar refractivity (Wildman–Crippen MR) is 79.1 cm³/mol. The number of hydrogen-bond acceptors (Lipinski definition) is 4. The molecule has 0 aromatic carbocycles. The standard InChI is InChI=1S/C13H19ClN2O4S/c1-8(2)16-7-10(21(14,18)19)6-12(16)13(17)15-11-4-5-20-9(11)3/h6-9,11H,4-5H2,1-3H3,(H,15,17). The van der Waals surface area contributed by atoms with Gasteiger partial charge in [0.15, 0.2) is 0 Å². The Bertz CT molecular complexity index is 639. The molecule has 2 unspecified atom stereocenters. The van der Waals surface area contributed by atoms with E-state index in [9.17, 15) is 13.2 Å². The Kier molecular flexibility index (Phi) is 4.65. The lowest BCUT2D eigenvalue weighted by molar-refractivity contribution is 0.0857. The molecule has 2 rings (SSSR count). The Balaban J connectivity index is 2.29. The van der Waals surface area contributed by atoms with Gasteiger partial charge >= 0.3 is 0 Å². The largest absolute Gasteiger partial charge is 0.376 e. The molecule has 1 aliphatic rings. The molecule has 118 valence electrons. The summed E-state index contributed by atoms with van der Waals surface area (Å²) in [7, 11) is 1.49. The lowest BCUT2D eigenvalue weighted by Crippen LogP contribution is -2.40. The molecule has 1 saturated heterocycles. The van der Waals surface area contributed by atoms with E-state index in [0.717, 1.165) is 6.42 Å². The molecule has 2 heterocycles. The van der Waals surface area contributed by atoms with Gasteiger partial charge in [0.25, 0.3) is 15.0 Å². The fourth-order valence-corrected chi connectivity index (χ4v) is 3.11. The summed E-state index contributed by atoms with van der Waals surface area (Å²) in [5, 5.41) is 2.88. The second-order valence-electron chi connectivity index (χ2n) is 5.44. The molecule has 8 heteroatoms. The minimum atomic E-state index is -3.86. The van der Waals surface area contributed by atoms with Gasteiger partial charge in [-0.3, -0.25) is 4.79 Å². The smallest absolute Gasteiger partial charge is 0.268 e. The van der Waals surface area contributed by atoms with Crippen LogP contribution in [0.4, 0.5) is 0 Å². The third-order valence-corrected chi connectivity index (χ3v) is 4.91. The highest BCUT2D eigenvalue weighted by Gasteiger charge is 2.28. The van der Waals surface area contributed by atoms with Crippen molar-refractivity contribution >= 4 is 25.6 Å². The van der Waals surface area contributed by atoms with E-state index in [0.29, 0.717) is 6.61 Å². The van der Waals surface area contributed by atoms with Crippen molar-refractivity contribution < 1.29 is 17.9 Å². The molecule has 0 saturated carbocycles. The zero-order valence-corrected chi connectivity index (χ0v) is 13.7. The Morgan fingerprint density at radius 1 is 1.52 bits per heavy atom. The van der Waals surface area contributed by atoms with Gasteiger partial charge in [0.2, 0.25) is 0 Å². The van der Waals surface area contributed by atoms with Crippen LogP contribution < -0.4 is 5.32 Å². The van der Waals surface area contributed by atoms with E-state index in [2.05, 4.69) is 5.32 Å². The Labute approximate surface area is 128 Å². The number of carbonyl (C=O) groups is 1. The number of halogens is 1. The number of nitrogens with zero attached hydrogens (tertiary/aromatic N) is 1. The van der Waals surface area contributed by atoms with Gasteiger partial charge in [0.1, 0.15) is 10.6 Å². The quantitative estimate of drug-likeness (QED) is 0.853. The summed E-state index contributed by atoms with van der Waals surface area (Å²) in [5.41, 5.74) is 0.281. The number of hydrogen-bond donors (Lipinski definition) is 1. The topological polar surface area (TPSA) is 77.4 Å². The minimum absolute atomic E-state index is 0.0485. The predicted octanol–water partition coefficient (Wildman–Crippen LogP) is 1.90. The maximum absolute atomic E-state index is 12.4. The zero-order valence-electron chi connectivity index (χ0n) is 12.2. The first-order valence-corrected chi connectivity index (χ1v) is 9.10. The van der Waals surface area contributed by atoms with Crippen LogP contribution in [0.5, 0.6) is 0 Å². The molecule has 21 heavy (non-hydrogen) atoms. The van der Waals surface area contributed by atoms with Crippen LogP contribution in [-0.4, -0.2) is 37.6 Å². The van der Waals surface area contributed by atoms with Crippen molar-refractivity contribution in [2.24, 2.45) is 0 Å². The van der Waals surface area contributed by atoms with Crippen molar-refractivity contribution in [3.05, 3.63) is 18.0 Å². The maximum Gasteiger partial charge on any atom is 0.268 e. The maximum atomic E-state index is 12.4. The summed E-state index contributed by atoms with van der Waals surface area (Å²) in [6, 6.07) is 1.18. The van der Waals surface area contributed by atoms with Gasteiger partial charge in [-0.2, -0.15) is 0 Å². The third kappa shape index (κ3) is 3.59. The van der Waals surface area contributed by atoms with Gasteiger partial charge in [0.05, 0.1) is 12.1 Å². The normalized spacial score (nSPS) is 22.7. The van der Waals surface area contributed by atoms with Gasteiger partial charge in [-0.25, -0.2) is 8.42 Å². The molecular weight excluding hydrogens is 316 g/mol. The number of ether oxygens (including phenoxy) is 1. The highest BCUT2D eigenvalue weighted by atomic mass is 35.7. The van der Waals surface area contributed by atoms with Crippen LogP contribution in [0, 0.1) is 0 Å². The number of carbonyl (C=O) groups excluding carboxylic acids is 1. The summed E-state index contributed by atoms with van der Waals surface area (Å²) >= 11 is 0. The van der Waals surface area contributed by atoms with Crippen molar-refractivity contribution in [3.63, 3.8) is 0 Å². The average Bonchev–Trinajstić information content (AvgIpc) is 2.95. The van der Waals surface area contributed by atoms with Crippen molar-refractivity contribution in [1.29, 1.82) is 0 Å². The SMILES string of the molecule is CC1OCCC1NC(=O)c1cc(S(=O)(=O)Cl)cn1C(C)C. The van der Waals surface area contributed by atoms with E-state index < -0.39 is 9.05 Å². The molecule has 0 spiro atoms. The van der Waals surface area contributed by atoms with Crippen molar-refractivity contribution in [2.75, 3.05) is 6.61 Å². The van der Waals surface area contributed by atoms with Crippen molar-refractivity contribution in [1.82, 2.24) is 9.88 Å². The number of amides is 1. The molecule has 1 N–H and O–H groups in total. The van der Waals surface area contributed by atoms with E-state index in [1.807, 2.05) is 20.8 Å². The first kappa shape index (κ1) is 16.3. The van der Waals surface area contributed by atoms with Crippen LogP contribution in [0.3, 0.4) is 0 Å². The lowest BCUT2D eigenvalue weighted by Gasteiger charge is -2.18. The highest BCUT2D eigenvalue weighted by Crippen LogP contribution is 2.22. The second-order valence-corrected chi connectivity index (χ2v) is 8.01. The zero-order chi connectivity index (χ0) is 15.8. The number of aromatic nitrogens is 1. The van der Waals surface area contributed by atoms with E-state index in [-0.39, 0.29) is 34.7 Å². The molecule has 1 amide bonds. The van der Waals surface area contributed by atoms with E-state index >= 15 is 0 Å². The molecule has 2 atom stereocenters. The van der Waals surface area contributed by atoms with Crippen molar-refractivity contribution in [2.45, 2.75) is 50.3 Å². The van der Waals surface area contributed by atoms with Gasteiger partial charge < -0.3 is 14.6 Å². The average molecular weight is 335 g/mol. The van der Waals surface area contributed by atoms with Crippen LogP contribution in [0.15, 0.2) is 17.2 Å². The summed E-state index contributed by atoms with van der Waals surface area (Å²) in [5.74, 6) is -0.322. The van der Waals surface area contributed by atoms with Crippen LogP contribution in [0.2, 0.25) is 0 Å². The first-order chi connectivity index (χ1) is 9.70. The molecule has 1 aliphatic heterocycles. The molecule has 1 aromatic rings. The Hall–Kier alpha value is -1.05. The van der Waals surface area contributed by atoms with E-state index in [1.54, 1.807) is 4.57 Å². The summed E-state index contributed by atoms with van der Waals surface area (Å²) in [6.07, 6.45) is 2.08. The number of nitrogens with one attached hydrogen (secondary N) is 1. The van der Waals surface area contributed by atoms with Crippen LogP contribution in [0.25, 0.3) is 0 Å². The molecular formula is C13H19ClN2O4S. The fourth-order valence-electron chi connectivity index (χ4n) is 2.36. The fraction of sp³-hybridized carbons (Fsp3) is 0.615. The van der Waals surface area contributed by atoms with E-state index in [4.69, 9.17) is 15.4 Å². The Morgan fingerprint density at radius 2 is 2.19 bits per heavy atom. The van der Waals surface area contributed by atoms with Crippen molar-refractivity contribution in [3.8, 4) is 0 Å².